The molecule has 2 aliphatic heterocycles. The average molecular weight is 433 g/mol. The average Bonchev–Trinajstić information content (AvgIpc) is 3.23. The summed E-state index contributed by atoms with van der Waals surface area (Å²) < 4.78 is 6.20. The zero-order valence-corrected chi connectivity index (χ0v) is 17.8. The number of benzene rings is 2. The second-order valence-corrected chi connectivity index (χ2v) is 8.36. The van der Waals surface area contributed by atoms with E-state index in [2.05, 4.69) is 20.8 Å². The largest absolute Gasteiger partial charge is 0.467 e. The highest BCUT2D eigenvalue weighted by atomic mass is 16.5. The highest BCUT2D eigenvalue weighted by Gasteiger charge is 2.43. The zero-order chi connectivity index (χ0) is 22.5. The molecule has 0 radical (unpaired) electrons. The van der Waals surface area contributed by atoms with Gasteiger partial charge in [0.25, 0.3) is 11.8 Å². The normalized spacial score (nSPS) is 16.9. The minimum Gasteiger partial charge on any atom is -0.467 e. The van der Waals surface area contributed by atoms with Gasteiger partial charge in [0.05, 0.1) is 17.3 Å². The Bertz CT molecular complexity index is 1260. The van der Waals surface area contributed by atoms with Crippen molar-refractivity contribution in [2.24, 2.45) is 0 Å². The summed E-state index contributed by atoms with van der Waals surface area (Å²) in [5.41, 5.74) is 2.59. The summed E-state index contributed by atoms with van der Waals surface area (Å²) in [6, 6.07) is 8.72. The van der Waals surface area contributed by atoms with Crippen molar-refractivity contribution in [3.63, 3.8) is 0 Å². The first kappa shape index (κ1) is 20.0. The Hall–Kier alpha value is -3.88. The number of hydrogen-bond acceptors (Lipinski definition) is 5. The lowest BCUT2D eigenvalue weighted by Gasteiger charge is -2.44. The molecule has 1 saturated heterocycles. The summed E-state index contributed by atoms with van der Waals surface area (Å²) >= 11 is 0. The van der Waals surface area contributed by atoms with Gasteiger partial charge in [-0.3, -0.25) is 19.5 Å². The molecule has 9 heteroatoms. The van der Waals surface area contributed by atoms with Gasteiger partial charge in [0, 0.05) is 49.5 Å². The Balaban J connectivity index is 1.31. The fourth-order valence-corrected chi connectivity index (χ4v) is 4.43. The minimum atomic E-state index is -0.846. The van der Waals surface area contributed by atoms with Gasteiger partial charge in [0.2, 0.25) is 5.91 Å². The van der Waals surface area contributed by atoms with Crippen molar-refractivity contribution in [3.05, 3.63) is 53.2 Å². The number of likely N-dealkylation sites (tertiary alicyclic amines) is 1. The molecule has 1 aromatic heterocycles. The molecule has 0 unspecified atom stereocenters. The first-order valence-corrected chi connectivity index (χ1v) is 10.5. The van der Waals surface area contributed by atoms with Crippen LogP contribution in [-0.2, 0) is 4.79 Å². The number of aromatic nitrogens is 2. The third-order valence-electron chi connectivity index (χ3n) is 6.04. The Morgan fingerprint density at radius 3 is 2.72 bits per heavy atom. The van der Waals surface area contributed by atoms with Gasteiger partial charge < -0.3 is 20.3 Å². The topological polar surface area (TPSA) is 116 Å². The number of carbonyl (C=O) groups is 3. The number of aryl methyl sites for hydroxylation is 1. The Labute approximate surface area is 184 Å². The van der Waals surface area contributed by atoms with Crippen molar-refractivity contribution >= 4 is 34.3 Å². The molecule has 1 fully saturated rings. The lowest BCUT2D eigenvalue weighted by atomic mass is 9.96. The lowest BCUT2D eigenvalue weighted by molar-refractivity contribution is -0.114. The number of carbonyl (C=O) groups excluding carboxylic acids is 3. The molecule has 5 rings (SSSR count). The fourth-order valence-electron chi connectivity index (χ4n) is 4.43. The SMILES string of the molecule is CC(=O)Nc1ccc2c(c1)C(=O)NC1(CCN(C(=O)c3cc(C)c4[nH]ncc4c3)CC1)O2. The van der Waals surface area contributed by atoms with Crippen LogP contribution >= 0.6 is 0 Å². The highest BCUT2D eigenvalue weighted by molar-refractivity contribution is 6.01. The van der Waals surface area contributed by atoms with Crippen molar-refractivity contribution in [2.75, 3.05) is 18.4 Å². The molecule has 32 heavy (non-hydrogen) atoms. The van der Waals surface area contributed by atoms with Gasteiger partial charge in [-0.1, -0.05) is 0 Å². The summed E-state index contributed by atoms with van der Waals surface area (Å²) in [5, 5.41) is 13.5. The van der Waals surface area contributed by atoms with E-state index in [4.69, 9.17) is 4.74 Å². The number of piperidine rings is 1. The monoisotopic (exact) mass is 433 g/mol. The summed E-state index contributed by atoms with van der Waals surface area (Å²) in [5.74, 6) is -0.0332. The van der Waals surface area contributed by atoms with Crippen LogP contribution in [0.1, 0.15) is 46.0 Å². The third kappa shape index (κ3) is 3.45. The number of fused-ring (bicyclic) bond motifs is 2. The molecule has 0 saturated carbocycles. The van der Waals surface area contributed by atoms with E-state index in [9.17, 15) is 14.4 Å². The van der Waals surface area contributed by atoms with E-state index in [1.54, 1.807) is 29.3 Å². The molecule has 0 aliphatic carbocycles. The van der Waals surface area contributed by atoms with Crippen molar-refractivity contribution < 1.29 is 19.1 Å². The van der Waals surface area contributed by atoms with E-state index < -0.39 is 5.72 Å². The number of ether oxygens (including phenoxy) is 1. The number of H-pyrrole nitrogens is 1. The van der Waals surface area contributed by atoms with Crippen molar-refractivity contribution in [3.8, 4) is 5.75 Å². The number of anilines is 1. The van der Waals surface area contributed by atoms with Gasteiger partial charge in [-0.2, -0.15) is 5.10 Å². The molecule has 2 aromatic carbocycles. The summed E-state index contributed by atoms with van der Waals surface area (Å²) in [6.45, 7) is 4.28. The van der Waals surface area contributed by atoms with Gasteiger partial charge >= 0.3 is 0 Å². The molecule has 3 N–H and O–H groups in total. The Morgan fingerprint density at radius 2 is 1.97 bits per heavy atom. The van der Waals surface area contributed by atoms with Gasteiger partial charge in [-0.25, -0.2) is 0 Å². The first-order chi connectivity index (χ1) is 15.3. The number of nitrogens with zero attached hydrogens (tertiary/aromatic N) is 2. The maximum Gasteiger partial charge on any atom is 0.258 e. The van der Waals surface area contributed by atoms with Gasteiger partial charge in [-0.15, -0.1) is 0 Å². The van der Waals surface area contributed by atoms with E-state index in [1.165, 1.54) is 6.92 Å². The predicted octanol–water partition coefficient (Wildman–Crippen LogP) is 2.58. The van der Waals surface area contributed by atoms with E-state index in [0.29, 0.717) is 48.5 Å². The molecule has 0 atom stereocenters. The summed E-state index contributed by atoms with van der Waals surface area (Å²) in [7, 11) is 0. The van der Waals surface area contributed by atoms with Crippen molar-refractivity contribution in [2.45, 2.75) is 32.4 Å². The van der Waals surface area contributed by atoms with E-state index in [-0.39, 0.29) is 17.7 Å². The predicted molar refractivity (Wildman–Crippen MR) is 118 cm³/mol. The molecule has 3 amide bonds. The fraction of sp³-hybridized carbons (Fsp3) is 0.304. The zero-order valence-electron chi connectivity index (χ0n) is 17.8. The second-order valence-electron chi connectivity index (χ2n) is 8.36. The third-order valence-corrected chi connectivity index (χ3v) is 6.04. The molecule has 9 nitrogen and oxygen atoms in total. The molecule has 164 valence electrons. The number of aromatic amines is 1. The van der Waals surface area contributed by atoms with Crippen molar-refractivity contribution in [1.82, 2.24) is 20.4 Å². The lowest BCUT2D eigenvalue weighted by Crippen LogP contribution is -2.61. The summed E-state index contributed by atoms with van der Waals surface area (Å²) in [4.78, 5) is 39.0. The van der Waals surface area contributed by atoms with E-state index in [1.807, 2.05) is 19.1 Å². The highest BCUT2D eigenvalue weighted by Crippen LogP contribution is 2.35. The molecule has 0 bridgehead atoms. The number of nitrogens with one attached hydrogen (secondary N) is 3. The molecular formula is C23H23N5O4. The van der Waals surface area contributed by atoms with Gasteiger partial charge in [-0.05, 0) is 42.8 Å². The van der Waals surface area contributed by atoms with Crippen LogP contribution in [0.2, 0.25) is 0 Å². The molecule has 3 aromatic rings. The van der Waals surface area contributed by atoms with Gasteiger partial charge in [0.15, 0.2) is 5.72 Å². The van der Waals surface area contributed by atoms with Crippen LogP contribution in [0, 0.1) is 6.92 Å². The number of rotatable bonds is 2. The van der Waals surface area contributed by atoms with E-state index in [0.717, 1.165) is 16.5 Å². The maximum atomic E-state index is 13.1. The minimum absolute atomic E-state index is 0.0477. The number of hydrogen-bond donors (Lipinski definition) is 3. The van der Waals surface area contributed by atoms with Crippen LogP contribution in [0.5, 0.6) is 5.75 Å². The standard InChI is InChI=1S/C23H23N5O4/c1-13-9-15(10-16-12-24-27-20(13)16)22(31)28-7-5-23(6-8-28)26-21(30)18-11-17(25-14(2)29)3-4-19(18)32-23/h3-4,9-12H,5-8H2,1-2H3,(H,24,27)(H,25,29)(H,26,30). The van der Waals surface area contributed by atoms with Gasteiger partial charge in [0.1, 0.15) is 5.75 Å². The Morgan fingerprint density at radius 1 is 1.19 bits per heavy atom. The van der Waals surface area contributed by atoms with Crippen LogP contribution < -0.4 is 15.4 Å². The smallest absolute Gasteiger partial charge is 0.258 e. The molecule has 3 heterocycles. The van der Waals surface area contributed by atoms with Crippen molar-refractivity contribution in [1.29, 1.82) is 0 Å². The van der Waals surface area contributed by atoms with E-state index >= 15 is 0 Å². The van der Waals surface area contributed by atoms with Crippen LogP contribution in [-0.4, -0.2) is 51.6 Å². The molecule has 2 aliphatic rings. The van der Waals surface area contributed by atoms with Crippen LogP contribution in [0.15, 0.2) is 36.5 Å². The molecule has 1 spiro atoms. The first-order valence-electron chi connectivity index (χ1n) is 10.5. The van der Waals surface area contributed by atoms with Crippen LogP contribution in [0.4, 0.5) is 5.69 Å². The Kier molecular flexibility index (Phi) is 4.61. The maximum absolute atomic E-state index is 13.1. The molecular weight excluding hydrogens is 410 g/mol. The second kappa shape index (κ2) is 7.37. The van der Waals surface area contributed by atoms with Crippen LogP contribution in [0.3, 0.4) is 0 Å². The summed E-state index contributed by atoms with van der Waals surface area (Å²) in [6.07, 6.45) is 2.67. The quantitative estimate of drug-likeness (QED) is 0.574. The van der Waals surface area contributed by atoms with Crippen LogP contribution in [0.25, 0.3) is 10.9 Å². The number of amides is 3.